The summed E-state index contributed by atoms with van der Waals surface area (Å²) in [7, 11) is 0. The second-order valence-electron chi connectivity index (χ2n) is 5.91. The summed E-state index contributed by atoms with van der Waals surface area (Å²) in [5.41, 5.74) is 2.57. The Hall–Kier alpha value is -1.49. The number of nitrogens with zero attached hydrogens (tertiary/aromatic N) is 2. The van der Waals surface area contributed by atoms with Crippen LogP contribution in [0, 0.1) is 0 Å². The fourth-order valence-corrected chi connectivity index (χ4v) is 4.32. The van der Waals surface area contributed by atoms with E-state index in [1.165, 1.54) is 11.1 Å². The molecule has 0 spiro atoms. The van der Waals surface area contributed by atoms with Crippen molar-refractivity contribution >= 4 is 23.6 Å². The number of benzene rings is 1. The Labute approximate surface area is 135 Å². The number of rotatable bonds is 3. The molecule has 0 aliphatic carbocycles. The first-order valence-electron chi connectivity index (χ1n) is 7.93. The zero-order valence-electron chi connectivity index (χ0n) is 13.0. The lowest BCUT2D eigenvalue weighted by Gasteiger charge is -2.33. The molecule has 1 saturated heterocycles. The lowest BCUT2D eigenvalue weighted by Crippen LogP contribution is -2.50. The number of amides is 2. The van der Waals surface area contributed by atoms with Crippen LogP contribution >= 0.6 is 11.8 Å². The molecule has 22 heavy (non-hydrogen) atoms. The van der Waals surface area contributed by atoms with Crippen molar-refractivity contribution < 1.29 is 9.59 Å². The predicted octanol–water partition coefficient (Wildman–Crippen LogP) is 2.27. The minimum atomic E-state index is -0.269. The van der Waals surface area contributed by atoms with Crippen LogP contribution in [0.4, 0.5) is 0 Å². The molecule has 4 nitrogen and oxygen atoms in total. The lowest BCUT2D eigenvalue weighted by molar-refractivity contribution is -0.144. The van der Waals surface area contributed by atoms with Gasteiger partial charge >= 0.3 is 0 Å². The summed E-state index contributed by atoms with van der Waals surface area (Å²) >= 11 is 1.68. The quantitative estimate of drug-likeness (QED) is 0.858. The minimum absolute atomic E-state index is 0.114. The third-order valence-corrected chi connectivity index (χ3v) is 5.41. The summed E-state index contributed by atoms with van der Waals surface area (Å²) in [5, 5.41) is 0. The van der Waals surface area contributed by atoms with E-state index < -0.39 is 0 Å². The highest BCUT2D eigenvalue weighted by atomic mass is 32.2. The third kappa shape index (κ3) is 3.00. The van der Waals surface area contributed by atoms with Gasteiger partial charge in [-0.2, -0.15) is 0 Å². The zero-order chi connectivity index (χ0) is 15.5. The Morgan fingerprint density at radius 2 is 2.05 bits per heavy atom. The molecule has 1 fully saturated rings. The van der Waals surface area contributed by atoms with Gasteiger partial charge in [-0.25, -0.2) is 0 Å². The average molecular weight is 318 g/mol. The molecule has 0 aromatic heterocycles. The third-order valence-electron chi connectivity index (χ3n) is 4.39. The normalized spacial score (nSPS) is 20.9. The summed E-state index contributed by atoms with van der Waals surface area (Å²) in [6.45, 7) is 3.43. The number of fused-ring (bicyclic) bond motifs is 1. The molecule has 5 heteroatoms. The molecular weight excluding hydrogens is 296 g/mol. The fraction of sp³-hybridized carbons (Fsp3) is 0.529. The summed E-state index contributed by atoms with van der Waals surface area (Å²) in [6, 6.07) is 8.04. The Kier molecular flexibility index (Phi) is 4.71. The van der Waals surface area contributed by atoms with Gasteiger partial charge in [-0.15, -0.1) is 11.8 Å². The maximum atomic E-state index is 12.8. The summed E-state index contributed by atoms with van der Waals surface area (Å²) in [6.07, 6.45) is 2.27. The Morgan fingerprint density at radius 1 is 1.27 bits per heavy atom. The van der Waals surface area contributed by atoms with Gasteiger partial charge in [0.2, 0.25) is 11.8 Å². The zero-order valence-corrected chi connectivity index (χ0v) is 13.8. The fourth-order valence-electron chi connectivity index (χ4n) is 3.15. The highest BCUT2D eigenvalue weighted by Gasteiger charge is 2.37. The number of carbonyl (C=O) groups excluding carboxylic acids is 2. The van der Waals surface area contributed by atoms with E-state index in [1.54, 1.807) is 16.7 Å². The van der Waals surface area contributed by atoms with Gasteiger partial charge in [-0.1, -0.05) is 31.2 Å². The first kappa shape index (κ1) is 15.4. The average Bonchev–Trinajstić information content (AvgIpc) is 3.03. The van der Waals surface area contributed by atoms with Crippen molar-refractivity contribution in [2.75, 3.05) is 18.2 Å². The van der Waals surface area contributed by atoms with Gasteiger partial charge in [0.25, 0.3) is 0 Å². The van der Waals surface area contributed by atoms with Gasteiger partial charge in [-0.05, 0) is 24.0 Å². The molecule has 0 bridgehead atoms. The monoisotopic (exact) mass is 318 g/mol. The summed E-state index contributed by atoms with van der Waals surface area (Å²) < 4.78 is 0. The van der Waals surface area contributed by atoms with Crippen LogP contribution in [-0.2, 0) is 22.6 Å². The van der Waals surface area contributed by atoms with Gasteiger partial charge in [0.05, 0.1) is 5.88 Å². The van der Waals surface area contributed by atoms with Crippen LogP contribution in [0.1, 0.15) is 30.9 Å². The summed E-state index contributed by atoms with van der Waals surface area (Å²) in [4.78, 5) is 28.7. The first-order valence-corrected chi connectivity index (χ1v) is 9.09. The molecule has 2 aliphatic heterocycles. The van der Waals surface area contributed by atoms with Crippen LogP contribution in [0.2, 0.25) is 0 Å². The Balaban J connectivity index is 1.70. The molecule has 0 N–H and O–H groups in total. The second kappa shape index (κ2) is 6.73. The molecular formula is C17H22N2O2S. The number of hydrogen-bond acceptors (Lipinski definition) is 3. The molecule has 118 valence electrons. The second-order valence-corrected chi connectivity index (χ2v) is 6.91. The van der Waals surface area contributed by atoms with Crippen molar-refractivity contribution in [1.82, 2.24) is 9.80 Å². The first-order chi connectivity index (χ1) is 10.7. The van der Waals surface area contributed by atoms with Crippen molar-refractivity contribution in [2.45, 2.75) is 38.8 Å². The molecule has 2 aliphatic rings. The van der Waals surface area contributed by atoms with E-state index in [9.17, 15) is 9.59 Å². The van der Waals surface area contributed by atoms with E-state index in [0.29, 0.717) is 18.8 Å². The summed E-state index contributed by atoms with van der Waals surface area (Å²) in [5.74, 6) is 1.61. The van der Waals surface area contributed by atoms with Gasteiger partial charge < -0.3 is 9.80 Å². The molecule has 1 aromatic rings. The van der Waals surface area contributed by atoms with Crippen molar-refractivity contribution in [2.24, 2.45) is 0 Å². The van der Waals surface area contributed by atoms with Gasteiger partial charge in [0.1, 0.15) is 6.04 Å². The number of hydrogen-bond donors (Lipinski definition) is 0. The molecule has 2 heterocycles. The lowest BCUT2D eigenvalue weighted by atomic mass is 9.99. The molecule has 1 atom stereocenters. The molecule has 0 unspecified atom stereocenters. The van der Waals surface area contributed by atoms with Crippen LogP contribution in [0.25, 0.3) is 0 Å². The number of carbonyl (C=O) groups is 2. The van der Waals surface area contributed by atoms with E-state index in [2.05, 4.69) is 18.2 Å². The van der Waals surface area contributed by atoms with Crippen LogP contribution in [0.5, 0.6) is 0 Å². The van der Waals surface area contributed by atoms with Crippen molar-refractivity contribution in [3.63, 3.8) is 0 Å². The van der Waals surface area contributed by atoms with Crippen LogP contribution in [0.3, 0.4) is 0 Å². The topological polar surface area (TPSA) is 40.6 Å². The maximum absolute atomic E-state index is 12.8. The molecule has 1 aromatic carbocycles. The highest BCUT2D eigenvalue weighted by Crippen LogP contribution is 2.26. The van der Waals surface area contributed by atoms with E-state index >= 15 is 0 Å². The van der Waals surface area contributed by atoms with Gasteiger partial charge in [0, 0.05) is 25.3 Å². The van der Waals surface area contributed by atoms with Crippen LogP contribution < -0.4 is 0 Å². The van der Waals surface area contributed by atoms with Gasteiger partial charge in [-0.3, -0.25) is 9.59 Å². The highest BCUT2D eigenvalue weighted by molar-refractivity contribution is 7.99. The largest absolute Gasteiger partial charge is 0.336 e. The molecule has 3 rings (SSSR count). The van der Waals surface area contributed by atoms with Crippen LogP contribution in [-0.4, -0.2) is 45.8 Å². The van der Waals surface area contributed by atoms with Gasteiger partial charge in [0.15, 0.2) is 0 Å². The predicted molar refractivity (Wildman–Crippen MR) is 88.4 cm³/mol. The maximum Gasteiger partial charge on any atom is 0.246 e. The van der Waals surface area contributed by atoms with Crippen molar-refractivity contribution in [3.8, 4) is 0 Å². The smallest absolute Gasteiger partial charge is 0.246 e. The van der Waals surface area contributed by atoms with Crippen molar-refractivity contribution in [3.05, 3.63) is 35.4 Å². The SMILES string of the molecule is CCCC(=O)N1CSC[C@@H]1C(=O)N1CCc2ccccc2C1. The van der Waals surface area contributed by atoms with E-state index in [1.807, 2.05) is 17.9 Å². The van der Waals surface area contributed by atoms with Crippen LogP contribution in [0.15, 0.2) is 24.3 Å². The number of thioether (sulfide) groups is 1. The van der Waals surface area contributed by atoms with E-state index in [0.717, 1.165) is 25.1 Å². The van der Waals surface area contributed by atoms with Crippen molar-refractivity contribution in [1.29, 1.82) is 0 Å². The standard InChI is InChI=1S/C17H22N2O2S/c1-2-5-16(20)19-12-22-11-15(19)17(21)18-9-8-13-6-3-4-7-14(13)10-18/h3-4,6-7,15H,2,5,8-12H2,1H3/t15-/m1/s1. The molecule has 2 amide bonds. The van der Waals surface area contributed by atoms with E-state index in [-0.39, 0.29) is 17.9 Å². The Morgan fingerprint density at radius 3 is 2.82 bits per heavy atom. The molecule has 0 radical (unpaired) electrons. The minimum Gasteiger partial charge on any atom is -0.336 e. The Bertz CT molecular complexity index is 576. The molecule has 0 saturated carbocycles. The van der Waals surface area contributed by atoms with E-state index in [4.69, 9.17) is 0 Å².